The van der Waals surface area contributed by atoms with Crippen molar-refractivity contribution < 1.29 is 8.76 Å². The lowest BCUT2D eigenvalue weighted by Crippen LogP contribution is -1.97. The first-order valence-electron chi connectivity index (χ1n) is 6.42. The molecule has 1 aromatic heterocycles. The molecule has 1 unspecified atom stereocenters. The molecule has 7 heteroatoms. The Morgan fingerprint density at radius 1 is 1.40 bits per heavy atom. The van der Waals surface area contributed by atoms with Crippen LogP contribution in [0.1, 0.15) is 31.7 Å². The summed E-state index contributed by atoms with van der Waals surface area (Å²) in [4.78, 5) is 0. The normalized spacial score (nSPS) is 11.6. The largest absolute Gasteiger partial charge is 0.760 e. The van der Waals surface area contributed by atoms with Crippen LogP contribution in [0.15, 0.2) is 36.7 Å². The zero-order valence-electron chi connectivity index (χ0n) is 11.4. The zero-order valence-corrected chi connectivity index (χ0v) is 12.3. The average Bonchev–Trinajstić information content (AvgIpc) is 2.93. The first-order valence-corrected chi connectivity index (χ1v) is 7.56. The molecule has 0 fully saturated rings. The molecule has 0 aliphatic heterocycles. The standard InChI is InChI=1S/C13H17N3.H3NO2S/c1-2-3-4-6-12-7-5-8-13(11-12)16-10-9-14-15-16;1-4(2)3/h5,7-11H,2-4,6H2,1H3;1H2,(H,2,3)/p-1. The first kappa shape index (κ1) is 16.5. The van der Waals surface area contributed by atoms with Crippen LogP contribution in [-0.2, 0) is 17.7 Å². The molecule has 20 heavy (non-hydrogen) atoms. The Morgan fingerprint density at radius 3 is 2.75 bits per heavy atom. The molecular weight excluding hydrogens is 276 g/mol. The van der Waals surface area contributed by atoms with E-state index in [1.54, 1.807) is 10.9 Å². The molecule has 1 atom stereocenters. The summed E-state index contributed by atoms with van der Waals surface area (Å²) in [5, 5.41) is 11.8. The smallest absolute Gasteiger partial charge is 0.0697 e. The summed E-state index contributed by atoms with van der Waals surface area (Å²) < 4.78 is 19.4. The second kappa shape index (κ2) is 9.35. The van der Waals surface area contributed by atoms with Gasteiger partial charge in [0.05, 0.1) is 18.1 Å². The molecule has 6 nitrogen and oxygen atoms in total. The van der Waals surface area contributed by atoms with Crippen molar-refractivity contribution in [2.24, 2.45) is 5.14 Å². The monoisotopic (exact) mass is 295 g/mol. The molecule has 1 heterocycles. The molecule has 0 bridgehead atoms. The number of hydrogen-bond acceptors (Lipinski definition) is 4. The molecule has 2 N–H and O–H groups in total. The van der Waals surface area contributed by atoms with E-state index in [1.165, 1.54) is 24.8 Å². The first-order chi connectivity index (χ1) is 9.63. The lowest BCUT2D eigenvalue weighted by molar-refractivity contribution is 0.539. The van der Waals surface area contributed by atoms with Crippen molar-refractivity contribution in [3.05, 3.63) is 42.2 Å². The van der Waals surface area contributed by atoms with Crippen LogP contribution in [0.5, 0.6) is 0 Å². The Hall–Kier alpha value is -1.57. The fourth-order valence-electron chi connectivity index (χ4n) is 1.78. The molecule has 0 aliphatic rings. The Morgan fingerprint density at radius 2 is 2.15 bits per heavy atom. The summed E-state index contributed by atoms with van der Waals surface area (Å²) in [6.07, 6.45) is 8.54. The quantitative estimate of drug-likeness (QED) is 0.671. The predicted octanol–water partition coefficient (Wildman–Crippen LogP) is 1.74. The third kappa shape index (κ3) is 6.55. The number of aryl methyl sites for hydroxylation is 1. The number of nitrogens with zero attached hydrogens (tertiary/aromatic N) is 3. The third-order valence-corrected chi connectivity index (χ3v) is 2.67. The minimum atomic E-state index is -2.36. The number of benzene rings is 1. The van der Waals surface area contributed by atoms with Gasteiger partial charge in [-0.25, -0.2) is 4.68 Å². The highest BCUT2D eigenvalue weighted by Gasteiger charge is 1.98. The molecule has 0 spiro atoms. The van der Waals surface area contributed by atoms with Gasteiger partial charge in [-0.3, -0.25) is 9.35 Å². The van der Waals surface area contributed by atoms with Crippen molar-refractivity contribution >= 4 is 11.3 Å². The van der Waals surface area contributed by atoms with Crippen LogP contribution >= 0.6 is 0 Å². The van der Waals surface area contributed by atoms with E-state index in [2.05, 4.69) is 46.6 Å². The van der Waals surface area contributed by atoms with Gasteiger partial charge in [0.2, 0.25) is 0 Å². The number of rotatable bonds is 5. The van der Waals surface area contributed by atoms with E-state index >= 15 is 0 Å². The molecule has 0 saturated carbocycles. The second-order valence-electron chi connectivity index (χ2n) is 4.24. The van der Waals surface area contributed by atoms with Gasteiger partial charge in [-0.05, 0) is 30.5 Å². The van der Waals surface area contributed by atoms with Gasteiger partial charge in [-0.2, -0.15) is 0 Å². The number of aromatic nitrogens is 3. The SMILES string of the molecule is CCCCCc1cccc(-n2ccnn2)c1.NS(=O)[O-]. The highest BCUT2D eigenvalue weighted by molar-refractivity contribution is 7.76. The van der Waals surface area contributed by atoms with Crippen LogP contribution < -0.4 is 5.14 Å². The van der Waals surface area contributed by atoms with Crippen LogP contribution in [-0.4, -0.2) is 23.8 Å². The summed E-state index contributed by atoms with van der Waals surface area (Å²) in [5.74, 6) is 0. The zero-order chi connectivity index (χ0) is 14.8. The van der Waals surface area contributed by atoms with Crippen LogP contribution in [0, 0.1) is 0 Å². The van der Waals surface area contributed by atoms with E-state index in [9.17, 15) is 0 Å². The van der Waals surface area contributed by atoms with Crippen molar-refractivity contribution in [2.75, 3.05) is 0 Å². The second-order valence-corrected chi connectivity index (χ2v) is 4.76. The maximum absolute atomic E-state index is 8.78. The molecule has 0 radical (unpaired) electrons. The van der Waals surface area contributed by atoms with Crippen molar-refractivity contribution in [2.45, 2.75) is 32.6 Å². The van der Waals surface area contributed by atoms with E-state index in [1.807, 2.05) is 6.20 Å². The summed E-state index contributed by atoms with van der Waals surface area (Å²) >= 11 is -2.36. The maximum Gasteiger partial charge on any atom is 0.0697 e. The maximum atomic E-state index is 8.78. The van der Waals surface area contributed by atoms with E-state index in [-0.39, 0.29) is 0 Å². The highest BCUT2D eigenvalue weighted by Crippen LogP contribution is 2.12. The molecule has 110 valence electrons. The van der Waals surface area contributed by atoms with E-state index < -0.39 is 11.3 Å². The van der Waals surface area contributed by atoms with Gasteiger partial charge in [0, 0.05) is 11.3 Å². The lowest BCUT2D eigenvalue weighted by atomic mass is 10.1. The Balaban J connectivity index is 0.000000444. The van der Waals surface area contributed by atoms with Gasteiger partial charge < -0.3 is 4.55 Å². The Kier molecular flexibility index (Phi) is 7.71. The van der Waals surface area contributed by atoms with Crippen LogP contribution in [0.25, 0.3) is 5.69 Å². The lowest BCUT2D eigenvalue weighted by Gasteiger charge is -2.04. The average molecular weight is 295 g/mol. The van der Waals surface area contributed by atoms with Crippen LogP contribution in [0.3, 0.4) is 0 Å². The number of unbranched alkanes of at least 4 members (excludes halogenated alkanes) is 2. The molecule has 2 aromatic rings. The summed E-state index contributed by atoms with van der Waals surface area (Å²) in [6.45, 7) is 2.23. The predicted molar refractivity (Wildman–Crippen MR) is 77.7 cm³/mol. The summed E-state index contributed by atoms with van der Waals surface area (Å²) in [5.41, 5.74) is 2.47. The number of hydrogen-bond donors (Lipinski definition) is 1. The van der Waals surface area contributed by atoms with Crippen molar-refractivity contribution in [1.82, 2.24) is 15.0 Å². The van der Waals surface area contributed by atoms with Gasteiger partial charge >= 0.3 is 0 Å². The van der Waals surface area contributed by atoms with Gasteiger partial charge in [0.15, 0.2) is 0 Å². The molecule has 0 aliphatic carbocycles. The Labute approximate surface area is 121 Å². The fraction of sp³-hybridized carbons (Fsp3) is 0.385. The van der Waals surface area contributed by atoms with Gasteiger partial charge in [-0.15, -0.1) is 5.10 Å². The molecule has 0 amide bonds. The summed E-state index contributed by atoms with van der Waals surface area (Å²) in [7, 11) is 0. The van der Waals surface area contributed by atoms with E-state index in [0.29, 0.717) is 0 Å². The summed E-state index contributed by atoms with van der Waals surface area (Å²) in [6, 6.07) is 8.50. The van der Waals surface area contributed by atoms with Crippen LogP contribution in [0.4, 0.5) is 0 Å². The van der Waals surface area contributed by atoms with E-state index in [4.69, 9.17) is 8.76 Å². The minimum Gasteiger partial charge on any atom is -0.760 e. The molecule has 0 saturated heterocycles. The Bertz CT molecular complexity index is 513. The minimum absolute atomic E-state index is 1.09. The number of nitrogens with two attached hydrogens (primary N) is 1. The molecule has 2 rings (SSSR count). The van der Waals surface area contributed by atoms with Gasteiger partial charge in [0.25, 0.3) is 0 Å². The topological polar surface area (TPSA) is 96.9 Å². The van der Waals surface area contributed by atoms with E-state index in [0.717, 1.165) is 12.1 Å². The van der Waals surface area contributed by atoms with Gasteiger partial charge in [-0.1, -0.05) is 37.1 Å². The van der Waals surface area contributed by atoms with Crippen molar-refractivity contribution in [3.8, 4) is 5.69 Å². The molecular formula is C13H19N4O2S-. The third-order valence-electron chi connectivity index (χ3n) is 2.67. The highest BCUT2D eigenvalue weighted by atomic mass is 32.2. The van der Waals surface area contributed by atoms with Crippen LogP contribution in [0.2, 0.25) is 0 Å². The van der Waals surface area contributed by atoms with Crippen molar-refractivity contribution in [1.29, 1.82) is 0 Å². The fourth-order valence-corrected chi connectivity index (χ4v) is 1.78. The van der Waals surface area contributed by atoms with Crippen molar-refractivity contribution in [3.63, 3.8) is 0 Å². The van der Waals surface area contributed by atoms with Gasteiger partial charge in [0.1, 0.15) is 0 Å². The molecule has 1 aromatic carbocycles.